The summed E-state index contributed by atoms with van der Waals surface area (Å²) < 4.78 is 11.3. The molecule has 1 N–H and O–H groups in total. The molecule has 114 valence electrons. The number of nitrogens with zero attached hydrogens (tertiary/aromatic N) is 1. The Morgan fingerprint density at radius 3 is 2.71 bits per heavy atom. The van der Waals surface area contributed by atoms with Crippen LogP contribution in [0.25, 0.3) is 0 Å². The lowest BCUT2D eigenvalue weighted by Gasteiger charge is -2.20. The molecule has 0 radical (unpaired) electrons. The van der Waals surface area contributed by atoms with Crippen LogP contribution in [0.1, 0.15) is 37.9 Å². The fourth-order valence-corrected chi connectivity index (χ4v) is 1.98. The Balaban J connectivity index is 1.95. The second-order valence-corrected chi connectivity index (χ2v) is 6.46. The summed E-state index contributed by atoms with van der Waals surface area (Å²) >= 11 is 5.87. The lowest BCUT2D eigenvalue weighted by Crippen LogP contribution is -2.35. The second-order valence-electron chi connectivity index (χ2n) is 6.03. The van der Waals surface area contributed by atoms with Gasteiger partial charge in [0.05, 0.1) is 11.2 Å². The van der Waals surface area contributed by atoms with Gasteiger partial charge in [-0.05, 0) is 33.8 Å². The number of hydrogen-bond donors (Lipinski definition) is 1. The molecule has 0 atom stereocenters. The minimum Gasteiger partial charge on any atom is -0.484 e. The third kappa shape index (κ3) is 5.06. The highest BCUT2D eigenvalue weighted by Crippen LogP contribution is 2.19. The Morgan fingerprint density at radius 2 is 2.05 bits per heavy atom. The molecule has 4 nitrogen and oxygen atoms in total. The molecule has 0 aromatic carbocycles. The van der Waals surface area contributed by atoms with Gasteiger partial charge in [-0.2, -0.15) is 0 Å². The van der Waals surface area contributed by atoms with E-state index in [-0.39, 0.29) is 5.54 Å². The number of furan rings is 1. The zero-order valence-electron chi connectivity index (χ0n) is 12.9. The summed E-state index contributed by atoms with van der Waals surface area (Å²) in [7, 11) is 0. The molecule has 2 aromatic heterocycles. The summed E-state index contributed by atoms with van der Waals surface area (Å²) in [5, 5.41) is 4.00. The maximum Gasteiger partial charge on any atom is 0.146 e. The fourth-order valence-electron chi connectivity index (χ4n) is 1.82. The molecule has 0 saturated heterocycles. The van der Waals surface area contributed by atoms with E-state index in [2.05, 4.69) is 31.1 Å². The van der Waals surface area contributed by atoms with Crippen molar-refractivity contribution in [2.45, 2.75) is 46.4 Å². The van der Waals surface area contributed by atoms with Crippen LogP contribution in [0.4, 0.5) is 0 Å². The van der Waals surface area contributed by atoms with Crippen LogP contribution in [0.5, 0.6) is 5.75 Å². The van der Waals surface area contributed by atoms with Crippen molar-refractivity contribution in [2.75, 3.05) is 0 Å². The summed E-state index contributed by atoms with van der Waals surface area (Å²) in [5.74, 6) is 2.33. The predicted molar refractivity (Wildman–Crippen MR) is 83.6 cm³/mol. The number of ether oxygens (including phenoxy) is 1. The van der Waals surface area contributed by atoms with Crippen LogP contribution in [0.3, 0.4) is 0 Å². The van der Waals surface area contributed by atoms with Gasteiger partial charge in [0.15, 0.2) is 0 Å². The van der Waals surface area contributed by atoms with Crippen molar-refractivity contribution in [3.05, 3.63) is 46.6 Å². The van der Waals surface area contributed by atoms with Crippen molar-refractivity contribution in [3.63, 3.8) is 0 Å². The van der Waals surface area contributed by atoms with Crippen LogP contribution in [-0.4, -0.2) is 10.5 Å². The summed E-state index contributed by atoms with van der Waals surface area (Å²) in [6.07, 6.45) is 3.20. The molecule has 21 heavy (non-hydrogen) atoms. The van der Waals surface area contributed by atoms with E-state index in [1.54, 1.807) is 18.5 Å². The Bertz CT molecular complexity index is 603. The van der Waals surface area contributed by atoms with Crippen LogP contribution >= 0.6 is 11.6 Å². The van der Waals surface area contributed by atoms with Crippen LogP contribution in [0, 0.1) is 6.92 Å². The number of hydrogen-bond acceptors (Lipinski definition) is 4. The van der Waals surface area contributed by atoms with E-state index in [4.69, 9.17) is 20.8 Å². The van der Waals surface area contributed by atoms with E-state index in [1.165, 1.54) is 0 Å². The number of halogens is 1. The summed E-state index contributed by atoms with van der Waals surface area (Å²) in [5.41, 5.74) is 1.22. The first-order valence-corrected chi connectivity index (χ1v) is 7.28. The van der Waals surface area contributed by atoms with Gasteiger partial charge in [0.25, 0.3) is 0 Å². The normalized spacial score (nSPS) is 11.7. The van der Waals surface area contributed by atoms with Gasteiger partial charge >= 0.3 is 0 Å². The number of rotatable bonds is 5. The van der Waals surface area contributed by atoms with E-state index in [0.717, 1.165) is 23.6 Å². The Hall–Kier alpha value is -1.52. The van der Waals surface area contributed by atoms with Crippen LogP contribution in [0.15, 0.2) is 28.9 Å². The zero-order valence-corrected chi connectivity index (χ0v) is 13.6. The minimum absolute atomic E-state index is 0.0762. The lowest BCUT2D eigenvalue weighted by molar-refractivity contribution is 0.266. The van der Waals surface area contributed by atoms with E-state index in [9.17, 15) is 0 Å². The largest absolute Gasteiger partial charge is 0.484 e. The number of aromatic nitrogens is 1. The fraction of sp³-hybridized carbons (Fsp3) is 0.438. The standard InChI is InChI=1S/C16H21ClN2O2/c1-11-12(7-19-16(2,3)4)5-15(21-11)10-20-14-6-13(17)8-18-9-14/h5-6,8-9,19H,7,10H2,1-4H3. The van der Waals surface area contributed by atoms with Crippen LogP contribution in [-0.2, 0) is 13.2 Å². The van der Waals surface area contributed by atoms with Crippen molar-refractivity contribution in [3.8, 4) is 5.75 Å². The smallest absolute Gasteiger partial charge is 0.146 e. The van der Waals surface area contributed by atoms with E-state index >= 15 is 0 Å². The first kappa shape index (κ1) is 15.9. The highest BCUT2D eigenvalue weighted by Gasteiger charge is 2.13. The SMILES string of the molecule is Cc1oc(COc2cncc(Cl)c2)cc1CNC(C)(C)C. The highest BCUT2D eigenvalue weighted by molar-refractivity contribution is 6.30. The number of aryl methyl sites for hydroxylation is 1. The van der Waals surface area contributed by atoms with Gasteiger partial charge in [0.1, 0.15) is 23.9 Å². The maximum absolute atomic E-state index is 5.87. The first-order valence-electron chi connectivity index (χ1n) is 6.90. The molecule has 0 spiro atoms. The molecule has 0 saturated carbocycles. The first-order chi connectivity index (χ1) is 9.83. The van der Waals surface area contributed by atoms with E-state index in [1.807, 2.05) is 13.0 Å². The molecule has 0 bridgehead atoms. The van der Waals surface area contributed by atoms with Gasteiger partial charge in [0.2, 0.25) is 0 Å². The van der Waals surface area contributed by atoms with Crippen molar-refractivity contribution in [1.29, 1.82) is 0 Å². The molecule has 5 heteroatoms. The van der Waals surface area contributed by atoms with Crippen molar-refractivity contribution in [2.24, 2.45) is 0 Å². The molecule has 0 unspecified atom stereocenters. The molecule has 0 amide bonds. The third-order valence-corrected chi connectivity index (χ3v) is 3.15. The van der Waals surface area contributed by atoms with Crippen LogP contribution < -0.4 is 10.1 Å². The summed E-state index contributed by atoms with van der Waals surface area (Å²) in [4.78, 5) is 3.98. The van der Waals surface area contributed by atoms with Crippen molar-refractivity contribution < 1.29 is 9.15 Å². The number of pyridine rings is 1. The average molecular weight is 309 g/mol. The predicted octanol–water partition coefficient (Wildman–Crippen LogP) is 4.10. The molecular weight excluding hydrogens is 288 g/mol. The molecule has 0 aliphatic carbocycles. The topological polar surface area (TPSA) is 47.3 Å². The quantitative estimate of drug-likeness (QED) is 0.903. The van der Waals surface area contributed by atoms with Gasteiger partial charge in [-0.25, -0.2) is 0 Å². The molecule has 2 heterocycles. The molecular formula is C16H21ClN2O2. The monoisotopic (exact) mass is 308 g/mol. The van der Waals surface area contributed by atoms with Gasteiger partial charge in [0, 0.05) is 29.9 Å². The van der Waals surface area contributed by atoms with Gasteiger partial charge in [-0.1, -0.05) is 11.6 Å². The summed E-state index contributed by atoms with van der Waals surface area (Å²) in [6.45, 7) is 9.51. The Labute approximate surface area is 130 Å². The molecule has 0 aliphatic rings. The molecule has 2 rings (SSSR count). The van der Waals surface area contributed by atoms with Gasteiger partial charge in [-0.15, -0.1) is 0 Å². The lowest BCUT2D eigenvalue weighted by atomic mass is 10.1. The van der Waals surface area contributed by atoms with Gasteiger partial charge in [-0.3, -0.25) is 4.98 Å². The van der Waals surface area contributed by atoms with Crippen LogP contribution in [0.2, 0.25) is 5.02 Å². The van der Waals surface area contributed by atoms with Crippen molar-refractivity contribution >= 4 is 11.6 Å². The average Bonchev–Trinajstić information content (AvgIpc) is 2.74. The molecule has 0 fully saturated rings. The summed E-state index contributed by atoms with van der Waals surface area (Å²) in [6, 6.07) is 3.75. The maximum atomic E-state index is 5.87. The van der Waals surface area contributed by atoms with Crippen molar-refractivity contribution in [1.82, 2.24) is 10.3 Å². The third-order valence-electron chi connectivity index (χ3n) is 2.94. The Kier molecular flexibility index (Phi) is 4.91. The zero-order chi connectivity index (χ0) is 15.5. The molecule has 0 aliphatic heterocycles. The minimum atomic E-state index is 0.0762. The Morgan fingerprint density at radius 1 is 1.29 bits per heavy atom. The number of nitrogens with one attached hydrogen (secondary N) is 1. The van der Waals surface area contributed by atoms with E-state index < -0.39 is 0 Å². The molecule has 2 aromatic rings. The van der Waals surface area contributed by atoms with Gasteiger partial charge < -0.3 is 14.5 Å². The highest BCUT2D eigenvalue weighted by atomic mass is 35.5. The van der Waals surface area contributed by atoms with E-state index in [0.29, 0.717) is 17.4 Å². The second kappa shape index (κ2) is 6.50.